The SMILES string of the molecule is Cc1cc(Cl)ccc1O[C@H](C)C(=O)Nc1ccc(S(C)(=O)=O)cc1. The van der Waals surface area contributed by atoms with Gasteiger partial charge in [-0.3, -0.25) is 4.79 Å². The summed E-state index contributed by atoms with van der Waals surface area (Å²) >= 11 is 5.89. The Bertz CT molecular complexity index is 847. The molecule has 0 heterocycles. The van der Waals surface area contributed by atoms with E-state index in [2.05, 4.69) is 5.32 Å². The van der Waals surface area contributed by atoms with Gasteiger partial charge in [0.15, 0.2) is 15.9 Å². The van der Waals surface area contributed by atoms with Gasteiger partial charge in [-0.05, 0) is 61.9 Å². The lowest BCUT2D eigenvalue weighted by atomic mass is 10.2. The van der Waals surface area contributed by atoms with Crippen LogP contribution >= 0.6 is 11.6 Å². The molecule has 0 fully saturated rings. The predicted octanol–water partition coefficient (Wildman–Crippen LogP) is 3.46. The van der Waals surface area contributed by atoms with Gasteiger partial charge in [-0.15, -0.1) is 0 Å². The molecule has 24 heavy (non-hydrogen) atoms. The first-order valence-electron chi connectivity index (χ1n) is 7.20. The molecule has 0 unspecified atom stereocenters. The summed E-state index contributed by atoms with van der Waals surface area (Å²) in [5.74, 6) is 0.242. The normalized spacial score (nSPS) is 12.5. The standard InChI is InChI=1S/C17H18ClNO4S/c1-11-10-13(18)4-9-16(11)23-12(2)17(20)19-14-5-7-15(8-6-14)24(3,21)22/h4-10,12H,1-3H3,(H,19,20)/t12-/m1/s1. The van der Waals surface area contributed by atoms with Gasteiger partial charge < -0.3 is 10.1 Å². The first-order valence-corrected chi connectivity index (χ1v) is 9.47. The lowest BCUT2D eigenvalue weighted by molar-refractivity contribution is -0.122. The van der Waals surface area contributed by atoms with Crippen molar-refractivity contribution in [3.63, 3.8) is 0 Å². The topological polar surface area (TPSA) is 72.5 Å². The van der Waals surface area contributed by atoms with Crippen LogP contribution < -0.4 is 10.1 Å². The minimum Gasteiger partial charge on any atom is -0.481 e. The average Bonchev–Trinajstić information content (AvgIpc) is 2.49. The van der Waals surface area contributed by atoms with Crippen LogP contribution in [-0.4, -0.2) is 26.7 Å². The van der Waals surface area contributed by atoms with E-state index >= 15 is 0 Å². The Morgan fingerprint density at radius 1 is 1.17 bits per heavy atom. The molecule has 5 nitrogen and oxygen atoms in total. The van der Waals surface area contributed by atoms with Crippen molar-refractivity contribution >= 4 is 33.0 Å². The quantitative estimate of drug-likeness (QED) is 0.878. The number of rotatable bonds is 5. The zero-order valence-corrected chi connectivity index (χ0v) is 15.1. The third-order valence-corrected chi connectivity index (χ3v) is 4.72. The van der Waals surface area contributed by atoms with Crippen LogP contribution in [0, 0.1) is 6.92 Å². The van der Waals surface area contributed by atoms with Crippen molar-refractivity contribution < 1.29 is 17.9 Å². The summed E-state index contributed by atoms with van der Waals surface area (Å²) in [6.45, 7) is 3.48. The number of nitrogens with one attached hydrogen (secondary N) is 1. The molecule has 0 radical (unpaired) electrons. The molecule has 0 aromatic heterocycles. The Hall–Kier alpha value is -2.05. The van der Waals surface area contributed by atoms with Crippen molar-refractivity contribution in [2.24, 2.45) is 0 Å². The van der Waals surface area contributed by atoms with Gasteiger partial charge in [-0.25, -0.2) is 8.42 Å². The highest BCUT2D eigenvalue weighted by molar-refractivity contribution is 7.90. The maximum atomic E-state index is 12.2. The van der Waals surface area contributed by atoms with E-state index in [0.29, 0.717) is 16.5 Å². The number of amides is 1. The molecule has 1 atom stereocenters. The van der Waals surface area contributed by atoms with Crippen molar-refractivity contribution in [3.8, 4) is 5.75 Å². The Balaban J connectivity index is 2.03. The highest BCUT2D eigenvalue weighted by Crippen LogP contribution is 2.23. The fourth-order valence-electron chi connectivity index (χ4n) is 2.02. The van der Waals surface area contributed by atoms with E-state index in [1.54, 1.807) is 25.1 Å². The molecule has 128 valence electrons. The molecule has 1 amide bonds. The van der Waals surface area contributed by atoms with Gasteiger partial charge in [-0.2, -0.15) is 0 Å². The van der Waals surface area contributed by atoms with Crippen molar-refractivity contribution in [3.05, 3.63) is 53.1 Å². The van der Waals surface area contributed by atoms with Crippen LogP contribution in [-0.2, 0) is 14.6 Å². The second-order valence-electron chi connectivity index (χ2n) is 5.46. The Morgan fingerprint density at radius 2 is 1.79 bits per heavy atom. The molecule has 0 aliphatic heterocycles. The largest absolute Gasteiger partial charge is 0.481 e. The zero-order valence-electron chi connectivity index (χ0n) is 13.5. The summed E-state index contributed by atoms with van der Waals surface area (Å²) in [5, 5.41) is 3.29. The van der Waals surface area contributed by atoms with Crippen LogP contribution in [0.1, 0.15) is 12.5 Å². The van der Waals surface area contributed by atoms with Gasteiger partial charge in [0, 0.05) is 17.0 Å². The van der Waals surface area contributed by atoms with Gasteiger partial charge in [0.2, 0.25) is 0 Å². The number of halogens is 1. The number of aryl methyl sites for hydroxylation is 1. The van der Waals surface area contributed by atoms with Gasteiger partial charge in [0.25, 0.3) is 5.91 Å². The molecule has 0 bridgehead atoms. The number of ether oxygens (including phenoxy) is 1. The van der Waals surface area contributed by atoms with Crippen LogP contribution in [0.15, 0.2) is 47.4 Å². The van der Waals surface area contributed by atoms with Crippen LogP contribution in [0.4, 0.5) is 5.69 Å². The summed E-state index contributed by atoms with van der Waals surface area (Å²) in [4.78, 5) is 12.4. The number of hydrogen-bond acceptors (Lipinski definition) is 4. The van der Waals surface area contributed by atoms with Crippen molar-refractivity contribution in [1.29, 1.82) is 0 Å². The van der Waals surface area contributed by atoms with Crippen LogP contribution in [0.25, 0.3) is 0 Å². The van der Waals surface area contributed by atoms with Crippen molar-refractivity contribution in [2.75, 3.05) is 11.6 Å². The smallest absolute Gasteiger partial charge is 0.265 e. The second-order valence-corrected chi connectivity index (χ2v) is 7.91. The number of carbonyl (C=O) groups is 1. The molecule has 0 aliphatic rings. The minimum atomic E-state index is -3.26. The molecular formula is C17H18ClNO4S. The van der Waals surface area contributed by atoms with Gasteiger partial charge >= 0.3 is 0 Å². The van der Waals surface area contributed by atoms with Crippen LogP contribution in [0.3, 0.4) is 0 Å². The number of carbonyl (C=O) groups excluding carboxylic acids is 1. The molecule has 2 aromatic rings. The van der Waals surface area contributed by atoms with Crippen molar-refractivity contribution in [1.82, 2.24) is 0 Å². The molecule has 0 spiro atoms. The maximum Gasteiger partial charge on any atom is 0.265 e. The fraction of sp³-hybridized carbons (Fsp3) is 0.235. The zero-order chi connectivity index (χ0) is 17.9. The molecule has 0 saturated carbocycles. The summed E-state index contributed by atoms with van der Waals surface area (Å²) in [7, 11) is -3.26. The molecule has 2 rings (SSSR count). The Morgan fingerprint density at radius 3 is 2.33 bits per heavy atom. The molecule has 0 saturated heterocycles. The number of anilines is 1. The number of hydrogen-bond donors (Lipinski definition) is 1. The summed E-state index contributed by atoms with van der Waals surface area (Å²) in [6.07, 6.45) is 0.407. The number of benzene rings is 2. The third-order valence-electron chi connectivity index (χ3n) is 3.36. The summed E-state index contributed by atoms with van der Waals surface area (Å²) < 4.78 is 28.5. The van der Waals surface area contributed by atoms with Crippen LogP contribution in [0.5, 0.6) is 5.75 Å². The average molecular weight is 368 g/mol. The van der Waals surface area contributed by atoms with Gasteiger partial charge in [-0.1, -0.05) is 11.6 Å². The maximum absolute atomic E-state index is 12.2. The second kappa shape index (κ2) is 7.23. The van der Waals surface area contributed by atoms with E-state index in [9.17, 15) is 13.2 Å². The first-order chi connectivity index (χ1) is 11.2. The summed E-state index contributed by atoms with van der Waals surface area (Å²) in [6, 6.07) is 11.1. The van der Waals surface area contributed by atoms with E-state index in [1.165, 1.54) is 24.3 Å². The van der Waals surface area contributed by atoms with E-state index in [0.717, 1.165) is 11.8 Å². The lowest BCUT2D eigenvalue weighted by Gasteiger charge is -2.16. The molecule has 0 aliphatic carbocycles. The third kappa shape index (κ3) is 4.72. The molecule has 1 N–H and O–H groups in total. The van der Waals surface area contributed by atoms with E-state index in [1.807, 2.05) is 6.92 Å². The first kappa shape index (κ1) is 18.3. The van der Waals surface area contributed by atoms with Crippen LogP contribution in [0.2, 0.25) is 5.02 Å². The Labute approximate surface area is 146 Å². The predicted molar refractivity (Wildman–Crippen MR) is 94.5 cm³/mol. The fourth-order valence-corrected chi connectivity index (χ4v) is 2.88. The van der Waals surface area contributed by atoms with Crippen molar-refractivity contribution in [2.45, 2.75) is 24.8 Å². The highest BCUT2D eigenvalue weighted by Gasteiger charge is 2.16. The summed E-state index contributed by atoms with van der Waals surface area (Å²) in [5.41, 5.74) is 1.33. The van der Waals surface area contributed by atoms with Gasteiger partial charge in [0.05, 0.1) is 4.90 Å². The van der Waals surface area contributed by atoms with E-state index in [4.69, 9.17) is 16.3 Å². The highest BCUT2D eigenvalue weighted by atomic mass is 35.5. The Kier molecular flexibility index (Phi) is 5.51. The monoisotopic (exact) mass is 367 g/mol. The molecular weight excluding hydrogens is 350 g/mol. The van der Waals surface area contributed by atoms with Gasteiger partial charge in [0.1, 0.15) is 5.75 Å². The lowest BCUT2D eigenvalue weighted by Crippen LogP contribution is -2.30. The van der Waals surface area contributed by atoms with E-state index in [-0.39, 0.29) is 10.8 Å². The molecule has 2 aromatic carbocycles. The number of sulfone groups is 1. The van der Waals surface area contributed by atoms with E-state index < -0.39 is 15.9 Å². The minimum absolute atomic E-state index is 0.196. The molecule has 7 heteroatoms.